The topological polar surface area (TPSA) is 52.7 Å². The second kappa shape index (κ2) is 7.34. The molecule has 1 N–H and O–H groups in total. The molecule has 0 aromatic heterocycles. The van der Waals surface area contributed by atoms with Crippen LogP contribution in [0.25, 0.3) is 0 Å². The summed E-state index contributed by atoms with van der Waals surface area (Å²) in [5.74, 6) is 0.765. The van der Waals surface area contributed by atoms with E-state index in [1.807, 2.05) is 32.3 Å². The Kier molecular flexibility index (Phi) is 5.19. The van der Waals surface area contributed by atoms with Gasteiger partial charge in [0.15, 0.2) is 0 Å². The van der Waals surface area contributed by atoms with E-state index in [2.05, 4.69) is 16.3 Å². The molecule has 24 heavy (non-hydrogen) atoms. The van der Waals surface area contributed by atoms with Gasteiger partial charge in [-0.15, -0.1) is 0 Å². The Balaban J connectivity index is 1.57. The highest BCUT2D eigenvalue weighted by Crippen LogP contribution is 2.27. The molecule has 0 aliphatic carbocycles. The molecule has 2 heterocycles. The van der Waals surface area contributed by atoms with Crippen LogP contribution < -0.4 is 5.32 Å². The third-order valence-corrected chi connectivity index (χ3v) is 5.32. The van der Waals surface area contributed by atoms with Gasteiger partial charge in [-0.1, -0.05) is 18.2 Å². The summed E-state index contributed by atoms with van der Waals surface area (Å²) < 4.78 is 0. The van der Waals surface area contributed by atoms with Crippen molar-refractivity contribution in [2.24, 2.45) is 5.92 Å². The lowest BCUT2D eigenvalue weighted by atomic mass is 9.91. The number of nitrogens with zero attached hydrogens (tertiary/aromatic N) is 2. The van der Waals surface area contributed by atoms with Crippen LogP contribution in [-0.2, 0) is 16.0 Å². The van der Waals surface area contributed by atoms with Crippen LogP contribution in [0.1, 0.15) is 31.2 Å². The Hall–Kier alpha value is -1.88. The van der Waals surface area contributed by atoms with E-state index in [1.54, 1.807) is 4.90 Å². The van der Waals surface area contributed by atoms with Gasteiger partial charge in [0.25, 0.3) is 0 Å². The largest absolute Gasteiger partial charge is 0.349 e. The first-order valence-corrected chi connectivity index (χ1v) is 8.87. The Labute approximate surface area is 144 Å². The fourth-order valence-electron chi connectivity index (χ4n) is 3.75. The standard InChI is InChI=1S/C19H27N3O2/c1-21(2)18(23)13-14-9-11-22(12-10-14)17-8-7-15-5-3-4-6-16(15)20-19(17)24/h3-6,14,17H,7-13H2,1-2H3,(H,20,24)/t17-/m0/s1. The van der Waals surface area contributed by atoms with Crippen molar-refractivity contribution >= 4 is 17.5 Å². The zero-order chi connectivity index (χ0) is 17.1. The molecule has 2 aliphatic heterocycles. The number of anilines is 1. The summed E-state index contributed by atoms with van der Waals surface area (Å²) in [7, 11) is 3.62. The van der Waals surface area contributed by atoms with Crippen molar-refractivity contribution < 1.29 is 9.59 Å². The van der Waals surface area contributed by atoms with Gasteiger partial charge in [0.1, 0.15) is 0 Å². The molecule has 0 saturated carbocycles. The molecule has 5 heteroatoms. The minimum atomic E-state index is -0.0529. The number of amides is 2. The second-order valence-electron chi connectivity index (χ2n) is 7.17. The Bertz CT molecular complexity index is 606. The fraction of sp³-hybridized carbons (Fsp3) is 0.579. The van der Waals surface area contributed by atoms with E-state index in [9.17, 15) is 9.59 Å². The lowest BCUT2D eigenvalue weighted by Crippen LogP contribution is -2.47. The molecule has 1 aromatic carbocycles. The average molecular weight is 329 g/mol. The summed E-state index contributed by atoms with van der Waals surface area (Å²) in [5.41, 5.74) is 2.18. The first kappa shape index (κ1) is 17.0. The first-order chi connectivity index (χ1) is 11.5. The van der Waals surface area contributed by atoms with Crippen molar-refractivity contribution in [2.75, 3.05) is 32.5 Å². The molecule has 5 nitrogen and oxygen atoms in total. The lowest BCUT2D eigenvalue weighted by molar-refractivity contribution is -0.130. The molecule has 0 unspecified atom stereocenters. The molecule has 1 fully saturated rings. The van der Waals surface area contributed by atoms with E-state index in [0.717, 1.165) is 44.5 Å². The van der Waals surface area contributed by atoms with E-state index in [4.69, 9.17) is 0 Å². The van der Waals surface area contributed by atoms with Crippen LogP contribution in [0.5, 0.6) is 0 Å². The highest BCUT2D eigenvalue weighted by Gasteiger charge is 2.32. The van der Waals surface area contributed by atoms with Crippen molar-refractivity contribution in [3.05, 3.63) is 29.8 Å². The molecular weight excluding hydrogens is 302 g/mol. The van der Waals surface area contributed by atoms with Crippen LogP contribution in [0.2, 0.25) is 0 Å². The van der Waals surface area contributed by atoms with Crippen LogP contribution in [-0.4, -0.2) is 54.8 Å². The second-order valence-corrected chi connectivity index (χ2v) is 7.17. The summed E-state index contributed by atoms with van der Waals surface area (Å²) in [6, 6.07) is 8.01. The lowest BCUT2D eigenvalue weighted by Gasteiger charge is -2.36. The van der Waals surface area contributed by atoms with Gasteiger partial charge in [0.2, 0.25) is 11.8 Å². The third-order valence-electron chi connectivity index (χ3n) is 5.32. The quantitative estimate of drug-likeness (QED) is 0.924. The number of nitrogens with one attached hydrogen (secondary N) is 1. The fourth-order valence-corrected chi connectivity index (χ4v) is 3.75. The number of fused-ring (bicyclic) bond motifs is 1. The number of carbonyl (C=O) groups is 2. The zero-order valence-electron chi connectivity index (χ0n) is 14.6. The zero-order valence-corrected chi connectivity index (χ0v) is 14.6. The summed E-state index contributed by atoms with van der Waals surface area (Å²) >= 11 is 0. The Morgan fingerprint density at radius 1 is 1.21 bits per heavy atom. The summed E-state index contributed by atoms with van der Waals surface area (Å²) in [5, 5.41) is 3.09. The van der Waals surface area contributed by atoms with Crippen LogP contribution in [0, 0.1) is 5.92 Å². The van der Waals surface area contributed by atoms with Gasteiger partial charge in [0, 0.05) is 26.2 Å². The van der Waals surface area contributed by atoms with Crippen molar-refractivity contribution in [1.29, 1.82) is 0 Å². The summed E-state index contributed by atoms with van der Waals surface area (Å²) in [4.78, 5) is 28.4. The predicted molar refractivity (Wildman–Crippen MR) is 94.8 cm³/mol. The molecule has 2 amide bonds. The number of likely N-dealkylation sites (tertiary alicyclic amines) is 1. The minimum Gasteiger partial charge on any atom is -0.349 e. The molecule has 3 rings (SSSR count). The van der Waals surface area contributed by atoms with Gasteiger partial charge in [-0.05, 0) is 56.3 Å². The highest BCUT2D eigenvalue weighted by atomic mass is 16.2. The van der Waals surface area contributed by atoms with Crippen LogP contribution >= 0.6 is 0 Å². The molecule has 1 atom stereocenters. The number of benzene rings is 1. The molecule has 0 radical (unpaired) electrons. The van der Waals surface area contributed by atoms with E-state index >= 15 is 0 Å². The maximum atomic E-state index is 12.6. The molecule has 2 aliphatic rings. The minimum absolute atomic E-state index is 0.0529. The van der Waals surface area contributed by atoms with Crippen LogP contribution in [0.4, 0.5) is 5.69 Å². The number of carbonyl (C=O) groups excluding carboxylic acids is 2. The van der Waals surface area contributed by atoms with Gasteiger partial charge < -0.3 is 10.2 Å². The smallest absolute Gasteiger partial charge is 0.241 e. The SMILES string of the molecule is CN(C)C(=O)CC1CCN([C@H]2CCc3ccccc3NC2=O)CC1. The molecule has 1 saturated heterocycles. The Morgan fingerprint density at radius 3 is 2.62 bits per heavy atom. The van der Waals surface area contributed by atoms with Crippen LogP contribution in [0.3, 0.4) is 0 Å². The average Bonchev–Trinajstić information content (AvgIpc) is 2.74. The van der Waals surface area contributed by atoms with E-state index in [1.165, 1.54) is 5.56 Å². The van der Waals surface area contributed by atoms with E-state index < -0.39 is 0 Å². The number of aryl methyl sites for hydroxylation is 1. The normalized spacial score (nSPS) is 22.4. The van der Waals surface area contributed by atoms with Gasteiger partial charge in [0.05, 0.1) is 6.04 Å². The third kappa shape index (κ3) is 3.78. The number of hydrogen-bond donors (Lipinski definition) is 1. The number of piperidine rings is 1. The molecule has 0 spiro atoms. The Morgan fingerprint density at radius 2 is 1.92 bits per heavy atom. The highest BCUT2D eigenvalue weighted by molar-refractivity contribution is 5.96. The monoisotopic (exact) mass is 329 g/mol. The summed E-state index contributed by atoms with van der Waals surface area (Å²) in [6.45, 7) is 1.81. The van der Waals surface area contributed by atoms with Crippen molar-refractivity contribution in [3.63, 3.8) is 0 Å². The number of hydrogen-bond acceptors (Lipinski definition) is 3. The van der Waals surface area contributed by atoms with Gasteiger partial charge >= 0.3 is 0 Å². The molecule has 130 valence electrons. The van der Waals surface area contributed by atoms with Gasteiger partial charge in [-0.2, -0.15) is 0 Å². The van der Waals surface area contributed by atoms with Crippen LogP contribution in [0.15, 0.2) is 24.3 Å². The number of rotatable bonds is 3. The molecule has 0 bridgehead atoms. The number of para-hydroxylation sites is 1. The van der Waals surface area contributed by atoms with Gasteiger partial charge in [-0.25, -0.2) is 0 Å². The van der Waals surface area contributed by atoms with Crippen molar-refractivity contribution in [2.45, 2.75) is 38.1 Å². The predicted octanol–water partition coefficient (Wildman–Crippen LogP) is 2.13. The van der Waals surface area contributed by atoms with Gasteiger partial charge in [-0.3, -0.25) is 14.5 Å². The first-order valence-electron chi connectivity index (χ1n) is 8.87. The maximum absolute atomic E-state index is 12.6. The molecular formula is C19H27N3O2. The van der Waals surface area contributed by atoms with Crippen molar-refractivity contribution in [3.8, 4) is 0 Å². The maximum Gasteiger partial charge on any atom is 0.241 e. The van der Waals surface area contributed by atoms with Crippen molar-refractivity contribution in [1.82, 2.24) is 9.80 Å². The molecule has 1 aromatic rings. The summed E-state index contributed by atoms with van der Waals surface area (Å²) in [6.07, 6.45) is 4.42. The van der Waals surface area contributed by atoms with E-state index in [-0.39, 0.29) is 17.9 Å². The van der Waals surface area contributed by atoms with E-state index in [0.29, 0.717) is 12.3 Å².